The number of carbonyl (C=O) groups is 1. The fraction of sp³-hybridized carbons (Fsp3) is 0.235. The van der Waals surface area contributed by atoms with Crippen LogP contribution in [0.1, 0.15) is 24.2 Å². The number of sulfone groups is 1. The maximum Gasteiger partial charge on any atom is 0.320 e. The first-order valence-corrected chi connectivity index (χ1v) is 10.0. The van der Waals surface area contributed by atoms with Crippen LogP contribution in [0, 0.1) is 0 Å². The number of anilines is 1. The number of aromatic amines is 1. The first kappa shape index (κ1) is 17.9. The van der Waals surface area contributed by atoms with Gasteiger partial charge in [-0.25, -0.2) is 18.2 Å². The molecule has 2 aromatic heterocycles. The van der Waals surface area contributed by atoms with Crippen LogP contribution in [0.3, 0.4) is 0 Å². The molecule has 0 spiro atoms. The molecule has 0 saturated heterocycles. The summed E-state index contributed by atoms with van der Waals surface area (Å²) in [5.41, 5.74) is 2.00. The Hall–Kier alpha value is -2.94. The molecule has 136 valence electrons. The molecule has 0 saturated carbocycles. The highest BCUT2D eigenvalue weighted by atomic mass is 32.2. The van der Waals surface area contributed by atoms with Crippen molar-refractivity contribution in [2.45, 2.75) is 18.7 Å². The molecular weight excluding hydrogens is 354 g/mol. The highest BCUT2D eigenvalue weighted by Crippen LogP contribution is 2.19. The molecule has 1 aromatic carbocycles. The lowest BCUT2D eigenvalue weighted by Crippen LogP contribution is -2.31. The number of benzene rings is 1. The van der Waals surface area contributed by atoms with Gasteiger partial charge in [0.25, 0.3) is 0 Å². The number of carbonyl (C=O) groups excluding carboxylic acids is 1. The summed E-state index contributed by atoms with van der Waals surface area (Å²) < 4.78 is 22.9. The SMILES string of the molecule is C[C@@H](NC(=O)Nc1cc2n[nH]c(CS(C)(=O)=O)c2cn1)c1ccccc1. The van der Waals surface area contributed by atoms with Crippen LogP contribution in [0.2, 0.25) is 0 Å². The highest BCUT2D eigenvalue weighted by Gasteiger charge is 2.14. The minimum absolute atomic E-state index is 0.146. The molecule has 3 aromatic rings. The van der Waals surface area contributed by atoms with Gasteiger partial charge in [-0.15, -0.1) is 0 Å². The second-order valence-corrected chi connectivity index (χ2v) is 8.23. The molecule has 26 heavy (non-hydrogen) atoms. The third-order valence-corrected chi connectivity index (χ3v) is 4.63. The number of fused-ring (bicyclic) bond motifs is 1. The van der Waals surface area contributed by atoms with Crippen LogP contribution >= 0.6 is 0 Å². The standard InChI is InChI=1S/C17H19N5O3S/c1-11(12-6-4-3-5-7-12)19-17(23)20-16-8-14-13(9-18-16)15(22-21-14)10-26(2,24)25/h3-9,11H,10H2,1-2H3,(H,21,22)(H2,18,19,20,23)/t11-/m1/s1. The molecule has 0 bridgehead atoms. The van der Waals surface area contributed by atoms with Crippen molar-refractivity contribution < 1.29 is 13.2 Å². The zero-order valence-corrected chi connectivity index (χ0v) is 15.2. The number of nitrogens with zero attached hydrogens (tertiary/aromatic N) is 2. The number of hydrogen-bond donors (Lipinski definition) is 3. The van der Waals surface area contributed by atoms with Crippen LogP contribution < -0.4 is 10.6 Å². The number of amides is 2. The lowest BCUT2D eigenvalue weighted by molar-refractivity contribution is 0.249. The molecule has 3 N–H and O–H groups in total. The zero-order valence-electron chi connectivity index (χ0n) is 14.4. The Bertz CT molecular complexity index is 1030. The summed E-state index contributed by atoms with van der Waals surface area (Å²) in [4.78, 5) is 16.3. The van der Waals surface area contributed by atoms with Crippen LogP contribution in [-0.2, 0) is 15.6 Å². The van der Waals surface area contributed by atoms with Crippen LogP contribution in [-0.4, -0.2) is 35.9 Å². The van der Waals surface area contributed by atoms with Gasteiger partial charge >= 0.3 is 6.03 Å². The summed E-state index contributed by atoms with van der Waals surface area (Å²) in [7, 11) is -3.19. The van der Waals surface area contributed by atoms with Crippen LogP contribution in [0.25, 0.3) is 10.9 Å². The number of pyridine rings is 1. The number of rotatable bonds is 5. The lowest BCUT2D eigenvalue weighted by Gasteiger charge is -2.14. The fourth-order valence-corrected chi connectivity index (χ4v) is 3.32. The van der Waals surface area contributed by atoms with Gasteiger partial charge < -0.3 is 5.32 Å². The maximum atomic E-state index is 12.2. The largest absolute Gasteiger partial charge is 0.331 e. The van der Waals surface area contributed by atoms with Crippen molar-refractivity contribution in [3.05, 3.63) is 53.9 Å². The van der Waals surface area contributed by atoms with Crippen molar-refractivity contribution in [3.8, 4) is 0 Å². The number of aromatic nitrogens is 3. The molecule has 0 aliphatic heterocycles. The second-order valence-electron chi connectivity index (χ2n) is 6.09. The van der Waals surface area contributed by atoms with Gasteiger partial charge in [0.2, 0.25) is 0 Å². The summed E-state index contributed by atoms with van der Waals surface area (Å²) in [6.45, 7) is 1.89. The first-order valence-electron chi connectivity index (χ1n) is 7.95. The van der Waals surface area contributed by atoms with Crippen molar-refractivity contribution in [2.24, 2.45) is 0 Å². The van der Waals surface area contributed by atoms with E-state index >= 15 is 0 Å². The van der Waals surface area contributed by atoms with Crippen LogP contribution in [0.4, 0.5) is 10.6 Å². The number of urea groups is 1. The van der Waals surface area contributed by atoms with Crippen molar-refractivity contribution in [3.63, 3.8) is 0 Å². The van der Waals surface area contributed by atoms with E-state index in [0.29, 0.717) is 22.4 Å². The first-order chi connectivity index (χ1) is 12.3. The predicted octanol–water partition coefficient (Wildman–Crippen LogP) is 2.39. The van der Waals surface area contributed by atoms with Gasteiger partial charge in [0.05, 0.1) is 23.0 Å². The quantitative estimate of drug-likeness (QED) is 0.635. The molecule has 3 rings (SSSR count). The predicted molar refractivity (Wildman–Crippen MR) is 99.4 cm³/mol. The molecule has 0 aliphatic carbocycles. The minimum Gasteiger partial charge on any atom is -0.331 e. The molecule has 0 radical (unpaired) electrons. The second kappa shape index (κ2) is 7.12. The van der Waals surface area contributed by atoms with Gasteiger partial charge in [-0.1, -0.05) is 30.3 Å². The number of H-pyrrole nitrogens is 1. The van der Waals surface area contributed by atoms with Gasteiger partial charge in [-0.2, -0.15) is 5.10 Å². The smallest absolute Gasteiger partial charge is 0.320 e. The molecular formula is C17H19N5O3S. The van der Waals surface area contributed by atoms with Crippen molar-refractivity contribution in [1.82, 2.24) is 20.5 Å². The average molecular weight is 373 g/mol. The molecule has 0 fully saturated rings. The average Bonchev–Trinajstić information content (AvgIpc) is 2.96. The minimum atomic E-state index is -3.19. The summed E-state index contributed by atoms with van der Waals surface area (Å²) >= 11 is 0. The third kappa shape index (κ3) is 4.37. The Balaban J connectivity index is 1.70. The molecule has 2 heterocycles. The molecule has 1 atom stereocenters. The van der Waals surface area contributed by atoms with E-state index in [1.165, 1.54) is 6.20 Å². The summed E-state index contributed by atoms with van der Waals surface area (Å²) in [5.74, 6) is 0.181. The van der Waals surface area contributed by atoms with E-state index in [1.807, 2.05) is 37.3 Å². The topological polar surface area (TPSA) is 117 Å². The van der Waals surface area contributed by atoms with E-state index in [9.17, 15) is 13.2 Å². The summed E-state index contributed by atoms with van der Waals surface area (Å²) in [5, 5.41) is 12.9. The Morgan fingerprint density at radius 3 is 2.69 bits per heavy atom. The van der Waals surface area contributed by atoms with Crippen LogP contribution in [0.5, 0.6) is 0 Å². The highest BCUT2D eigenvalue weighted by molar-refractivity contribution is 7.89. The maximum absolute atomic E-state index is 12.2. The van der Waals surface area contributed by atoms with Gasteiger partial charge in [-0.3, -0.25) is 10.4 Å². The third-order valence-electron chi connectivity index (χ3n) is 3.81. The van der Waals surface area contributed by atoms with E-state index in [-0.39, 0.29) is 17.8 Å². The van der Waals surface area contributed by atoms with E-state index in [2.05, 4.69) is 25.8 Å². The van der Waals surface area contributed by atoms with Crippen molar-refractivity contribution >= 4 is 32.6 Å². The fourth-order valence-electron chi connectivity index (χ4n) is 2.57. The lowest BCUT2D eigenvalue weighted by atomic mass is 10.1. The van der Waals surface area contributed by atoms with E-state index in [0.717, 1.165) is 11.8 Å². The summed E-state index contributed by atoms with van der Waals surface area (Å²) in [6, 6.07) is 10.6. The monoisotopic (exact) mass is 373 g/mol. The van der Waals surface area contributed by atoms with Gasteiger partial charge in [0, 0.05) is 23.9 Å². The van der Waals surface area contributed by atoms with Gasteiger partial charge in [-0.05, 0) is 12.5 Å². The summed E-state index contributed by atoms with van der Waals surface area (Å²) in [6.07, 6.45) is 2.65. The Morgan fingerprint density at radius 1 is 1.27 bits per heavy atom. The molecule has 8 nitrogen and oxygen atoms in total. The van der Waals surface area contributed by atoms with Gasteiger partial charge in [0.1, 0.15) is 5.82 Å². The molecule has 0 aliphatic rings. The van der Waals surface area contributed by atoms with Crippen molar-refractivity contribution in [1.29, 1.82) is 0 Å². The van der Waals surface area contributed by atoms with E-state index < -0.39 is 9.84 Å². The Morgan fingerprint density at radius 2 is 2.00 bits per heavy atom. The number of hydrogen-bond acceptors (Lipinski definition) is 5. The Labute approximate surface area is 150 Å². The zero-order chi connectivity index (χ0) is 18.7. The number of nitrogens with one attached hydrogen (secondary N) is 3. The molecule has 9 heteroatoms. The van der Waals surface area contributed by atoms with Crippen molar-refractivity contribution in [2.75, 3.05) is 11.6 Å². The van der Waals surface area contributed by atoms with E-state index in [4.69, 9.17) is 0 Å². The van der Waals surface area contributed by atoms with Crippen LogP contribution in [0.15, 0.2) is 42.6 Å². The van der Waals surface area contributed by atoms with Gasteiger partial charge in [0.15, 0.2) is 9.84 Å². The normalized spacial score (nSPS) is 12.7. The molecule has 2 amide bonds. The Kier molecular flexibility index (Phi) is 4.90. The van der Waals surface area contributed by atoms with E-state index in [1.54, 1.807) is 6.07 Å². The molecule has 0 unspecified atom stereocenters.